The second kappa shape index (κ2) is 5.79. The summed E-state index contributed by atoms with van der Waals surface area (Å²) in [6.07, 6.45) is -3.86. The van der Waals surface area contributed by atoms with Crippen LogP contribution < -0.4 is 0 Å². The Hall–Kier alpha value is -2.28. The van der Waals surface area contributed by atoms with Crippen LogP contribution in [0.15, 0.2) is 54.6 Å². The Balaban J connectivity index is 2.19. The summed E-state index contributed by atoms with van der Waals surface area (Å²) in [5.41, 5.74) is 0.890. The van der Waals surface area contributed by atoms with Crippen molar-refractivity contribution in [3.8, 4) is 6.07 Å². The minimum Gasteiger partial charge on any atom is -0.198 e. The van der Waals surface area contributed by atoms with Gasteiger partial charge in [-0.25, -0.2) is 0 Å². The maximum absolute atomic E-state index is 12.5. The molecule has 4 heteroatoms. The van der Waals surface area contributed by atoms with Gasteiger partial charge >= 0.3 is 6.18 Å². The second-order valence-corrected chi connectivity index (χ2v) is 4.49. The molecule has 2 rings (SSSR count). The first-order valence-corrected chi connectivity index (χ1v) is 6.11. The van der Waals surface area contributed by atoms with Gasteiger partial charge in [0.05, 0.1) is 17.6 Å². The molecule has 0 heterocycles. The summed E-state index contributed by atoms with van der Waals surface area (Å²) in [6, 6.07) is 16.3. The quantitative estimate of drug-likeness (QED) is 0.805. The van der Waals surface area contributed by atoms with Crippen LogP contribution in [0.1, 0.15) is 22.6 Å². The molecular weight excluding hydrogens is 263 g/mol. The van der Waals surface area contributed by atoms with E-state index in [0.29, 0.717) is 12.0 Å². The third-order valence-corrected chi connectivity index (χ3v) is 3.08. The number of nitriles is 1. The fourth-order valence-corrected chi connectivity index (χ4v) is 1.99. The van der Waals surface area contributed by atoms with Crippen molar-refractivity contribution >= 4 is 0 Å². The number of halogens is 3. The largest absolute Gasteiger partial charge is 0.416 e. The molecule has 1 atom stereocenters. The number of hydrogen-bond donors (Lipinski definition) is 0. The van der Waals surface area contributed by atoms with E-state index < -0.39 is 17.7 Å². The normalized spacial score (nSPS) is 12.7. The lowest BCUT2D eigenvalue weighted by Gasteiger charge is -2.11. The van der Waals surface area contributed by atoms with Crippen molar-refractivity contribution in [3.63, 3.8) is 0 Å². The lowest BCUT2D eigenvalue weighted by Crippen LogP contribution is -2.06. The topological polar surface area (TPSA) is 23.8 Å². The Kier molecular flexibility index (Phi) is 4.09. The zero-order chi connectivity index (χ0) is 14.6. The molecule has 0 radical (unpaired) electrons. The molecule has 0 aliphatic carbocycles. The Bertz CT molecular complexity index is 594. The van der Waals surface area contributed by atoms with E-state index >= 15 is 0 Å². The summed E-state index contributed by atoms with van der Waals surface area (Å²) in [7, 11) is 0. The molecule has 0 aliphatic rings. The summed E-state index contributed by atoms with van der Waals surface area (Å²) < 4.78 is 37.5. The zero-order valence-electron chi connectivity index (χ0n) is 10.6. The molecule has 0 bridgehead atoms. The maximum Gasteiger partial charge on any atom is 0.416 e. The molecule has 20 heavy (non-hydrogen) atoms. The molecule has 0 amide bonds. The van der Waals surface area contributed by atoms with Gasteiger partial charge < -0.3 is 0 Å². The van der Waals surface area contributed by atoms with Gasteiger partial charge in [0.2, 0.25) is 0 Å². The van der Waals surface area contributed by atoms with Crippen LogP contribution in [0.25, 0.3) is 0 Å². The third kappa shape index (κ3) is 3.39. The lowest BCUT2D eigenvalue weighted by atomic mass is 9.92. The minimum atomic E-state index is -4.35. The number of alkyl halides is 3. The van der Waals surface area contributed by atoms with Crippen LogP contribution in [-0.2, 0) is 12.6 Å². The lowest BCUT2D eigenvalue weighted by molar-refractivity contribution is -0.137. The molecule has 1 nitrogen and oxygen atoms in total. The van der Waals surface area contributed by atoms with Gasteiger partial charge in [0.1, 0.15) is 0 Å². The van der Waals surface area contributed by atoms with Gasteiger partial charge in [-0.1, -0.05) is 42.5 Å². The first-order valence-electron chi connectivity index (χ1n) is 6.11. The highest BCUT2D eigenvalue weighted by molar-refractivity contribution is 5.32. The van der Waals surface area contributed by atoms with E-state index in [4.69, 9.17) is 0 Å². The monoisotopic (exact) mass is 275 g/mol. The second-order valence-electron chi connectivity index (χ2n) is 4.49. The van der Waals surface area contributed by atoms with Gasteiger partial charge in [0.25, 0.3) is 0 Å². The van der Waals surface area contributed by atoms with E-state index in [9.17, 15) is 18.4 Å². The predicted octanol–water partition coefficient (Wildman–Crippen LogP) is 4.56. The van der Waals surface area contributed by atoms with Gasteiger partial charge in [0.15, 0.2) is 0 Å². The fraction of sp³-hybridized carbons (Fsp3) is 0.188. The smallest absolute Gasteiger partial charge is 0.198 e. The van der Waals surface area contributed by atoms with Crippen LogP contribution >= 0.6 is 0 Å². The van der Waals surface area contributed by atoms with Crippen molar-refractivity contribution in [2.45, 2.75) is 18.5 Å². The van der Waals surface area contributed by atoms with Crippen LogP contribution in [0.5, 0.6) is 0 Å². The van der Waals surface area contributed by atoms with Crippen LogP contribution in [0.4, 0.5) is 13.2 Å². The number of hydrogen-bond acceptors (Lipinski definition) is 1. The van der Waals surface area contributed by atoms with Gasteiger partial charge in [-0.3, -0.25) is 0 Å². The average Bonchev–Trinajstić information content (AvgIpc) is 2.45. The Morgan fingerprint density at radius 1 is 0.950 bits per heavy atom. The highest BCUT2D eigenvalue weighted by Gasteiger charge is 2.30. The summed E-state index contributed by atoms with van der Waals surface area (Å²) in [4.78, 5) is 0. The van der Waals surface area contributed by atoms with Crippen molar-refractivity contribution in [1.82, 2.24) is 0 Å². The zero-order valence-corrected chi connectivity index (χ0v) is 10.6. The Morgan fingerprint density at radius 3 is 2.05 bits per heavy atom. The molecule has 2 aromatic rings. The van der Waals surface area contributed by atoms with Crippen LogP contribution in [0, 0.1) is 11.3 Å². The molecule has 0 aromatic heterocycles. The molecule has 0 spiro atoms. The summed E-state index contributed by atoms with van der Waals surface area (Å²) in [6.45, 7) is 0. The van der Waals surface area contributed by atoms with Crippen molar-refractivity contribution in [1.29, 1.82) is 5.26 Å². The predicted molar refractivity (Wildman–Crippen MR) is 69.9 cm³/mol. The molecule has 0 saturated carbocycles. The number of rotatable bonds is 3. The summed E-state index contributed by atoms with van der Waals surface area (Å²) in [5, 5.41) is 9.20. The summed E-state index contributed by atoms with van der Waals surface area (Å²) >= 11 is 0. The minimum absolute atomic E-state index is 0.445. The van der Waals surface area contributed by atoms with Gasteiger partial charge in [0, 0.05) is 0 Å². The van der Waals surface area contributed by atoms with Crippen molar-refractivity contribution in [2.24, 2.45) is 0 Å². The van der Waals surface area contributed by atoms with Crippen LogP contribution in [0.3, 0.4) is 0 Å². The first-order chi connectivity index (χ1) is 9.50. The highest BCUT2D eigenvalue weighted by atomic mass is 19.4. The van der Waals surface area contributed by atoms with Gasteiger partial charge in [-0.05, 0) is 29.7 Å². The Labute approximate surface area is 115 Å². The molecule has 2 aromatic carbocycles. The molecule has 0 saturated heterocycles. The van der Waals surface area contributed by atoms with E-state index in [2.05, 4.69) is 6.07 Å². The molecule has 1 unspecified atom stereocenters. The van der Waals surface area contributed by atoms with Crippen molar-refractivity contribution < 1.29 is 13.2 Å². The van der Waals surface area contributed by atoms with Gasteiger partial charge in [-0.2, -0.15) is 18.4 Å². The molecule has 0 fully saturated rings. The van der Waals surface area contributed by atoms with Crippen LogP contribution in [0.2, 0.25) is 0 Å². The molecular formula is C16H12F3N. The van der Waals surface area contributed by atoms with E-state index in [1.165, 1.54) is 12.1 Å². The van der Waals surface area contributed by atoms with Crippen molar-refractivity contribution in [2.75, 3.05) is 0 Å². The maximum atomic E-state index is 12.5. The Morgan fingerprint density at radius 2 is 1.55 bits per heavy atom. The SMILES string of the molecule is N#CC(Cc1ccccc1)c1ccc(C(F)(F)F)cc1. The first kappa shape index (κ1) is 14.1. The molecule has 0 N–H and O–H groups in total. The van der Waals surface area contributed by atoms with E-state index in [-0.39, 0.29) is 0 Å². The number of benzene rings is 2. The van der Waals surface area contributed by atoms with E-state index in [0.717, 1.165) is 17.7 Å². The number of nitrogens with zero attached hydrogens (tertiary/aromatic N) is 1. The van der Waals surface area contributed by atoms with Gasteiger partial charge in [-0.15, -0.1) is 0 Å². The van der Waals surface area contributed by atoms with Crippen LogP contribution in [-0.4, -0.2) is 0 Å². The molecule has 0 aliphatic heterocycles. The van der Waals surface area contributed by atoms with E-state index in [1.54, 1.807) is 0 Å². The average molecular weight is 275 g/mol. The van der Waals surface area contributed by atoms with Crippen molar-refractivity contribution in [3.05, 3.63) is 71.3 Å². The summed E-state index contributed by atoms with van der Waals surface area (Å²) in [5.74, 6) is -0.445. The third-order valence-electron chi connectivity index (χ3n) is 3.08. The van der Waals surface area contributed by atoms with E-state index in [1.807, 2.05) is 30.3 Å². The fourth-order valence-electron chi connectivity index (χ4n) is 1.99. The highest BCUT2D eigenvalue weighted by Crippen LogP contribution is 2.30. The standard InChI is InChI=1S/C16H12F3N/c17-16(18,19)15-8-6-13(7-9-15)14(11-20)10-12-4-2-1-3-5-12/h1-9,14H,10H2. The molecule has 102 valence electrons.